The molecule has 4 rings (SSSR count). The fourth-order valence-electron chi connectivity index (χ4n) is 3.22. The smallest absolute Gasteiger partial charge is 0.262 e. The normalized spacial score (nSPS) is 11.1. The molecule has 0 unspecified atom stereocenters. The number of hydrogen-bond donors (Lipinski definition) is 2. The number of H-pyrrole nitrogens is 1. The quantitative estimate of drug-likeness (QED) is 0.242. The van der Waals surface area contributed by atoms with E-state index >= 15 is 0 Å². The summed E-state index contributed by atoms with van der Waals surface area (Å²) in [5.74, 6) is 1.13. The predicted molar refractivity (Wildman–Crippen MR) is 136 cm³/mol. The highest BCUT2D eigenvalue weighted by molar-refractivity contribution is 14.1. The molecule has 0 radical (unpaired) electrons. The molecular formula is C25H19IN4O3. The lowest BCUT2D eigenvalue weighted by Gasteiger charge is -2.14. The highest BCUT2D eigenvalue weighted by Gasteiger charge is 2.15. The van der Waals surface area contributed by atoms with E-state index in [2.05, 4.69) is 43.9 Å². The van der Waals surface area contributed by atoms with Crippen LogP contribution in [0.25, 0.3) is 22.7 Å². The molecule has 0 fully saturated rings. The molecule has 0 spiro atoms. The first-order valence-electron chi connectivity index (χ1n) is 9.99. The first-order chi connectivity index (χ1) is 16.1. The van der Waals surface area contributed by atoms with Crippen molar-refractivity contribution in [2.75, 3.05) is 19.0 Å². The van der Waals surface area contributed by atoms with Gasteiger partial charge >= 0.3 is 0 Å². The number of halogens is 1. The van der Waals surface area contributed by atoms with Crippen molar-refractivity contribution in [1.29, 1.82) is 5.26 Å². The summed E-state index contributed by atoms with van der Waals surface area (Å²) in [5.41, 5.74) is 3.48. The van der Waals surface area contributed by atoms with E-state index in [4.69, 9.17) is 9.47 Å². The average molecular weight is 550 g/mol. The topological polar surface area (TPSA) is 100 Å². The SMILES string of the molecule is COc1cc(/C=C(\C#N)c2nc3ccccc3[nH]2)cc(I)c1OCC(=O)Nc1ccccc1. The van der Waals surface area contributed by atoms with Gasteiger partial charge in [0.05, 0.1) is 27.3 Å². The predicted octanol–water partition coefficient (Wildman–Crippen LogP) is 5.26. The number of hydrogen-bond acceptors (Lipinski definition) is 5. The van der Waals surface area contributed by atoms with Crippen LogP contribution < -0.4 is 14.8 Å². The molecule has 33 heavy (non-hydrogen) atoms. The molecule has 8 heteroatoms. The van der Waals surface area contributed by atoms with Crippen LogP contribution in [0.4, 0.5) is 5.69 Å². The molecule has 1 heterocycles. The van der Waals surface area contributed by atoms with Gasteiger partial charge in [-0.05, 0) is 70.6 Å². The number of carbonyl (C=O) groups is 1. The Morgan fingerprint density at radius 2 is 1.94 bits per heavy atom. The van der Waals surface area contributed by atoms with Crippen molar-refractivity contribution in [1.82, 2.24) is 9.97 Å². The van der Waals surface area contributed by atoms with Crippen LogP contribution in [0.1, 0.15) is 11.4 Å². The Kier molecular flexibility index (Phi) is 6.90. The standard InChI is InChI=1S/C25H19IN4O3/c1-32-22-13-16(11-17(14-27)25-29-20-9-5-6-10-21(20)30-25)12-19(26)24(22)33-15-23(31)28-18-7-3-2-4-8-18/h2-13H,15H2,1H3,(H,28,31)(H,29,30)/b17-11+. The Bertz CT molecular complexity index is 1340. The summed E-state index contributed by atoms with van der Waals surface area (Å²) < 4.78 is 12.0. The van der Waals surface area contributed by atoms with Crippen molar-refractivity contribution in [2.45, 2.75) is 0 Å². The minimum Gasteiger partial charge on any atom is -0.493 e. The lowest BCUT2D eigenvalue weighted by Crippen LogP contribution is -2.20. The van der Waals surface area contributed by atoms with Crippen molar-refractivity contribution < 1.29 is 14.3 Å². The number of para-hydroxylation sites is 3. The van der Waals surface area contributed by atoms with Crippen molar-refractivity contribution in [3.63, 3.8) is 0 Å². The van der Waals surface area contributed by atoms with Crippen LogP contribution in [0.2, 0.25) is 0 Å². The number of nitrogens with zero attached hydrogens (tertiary/aromatic N) is 2. The molecule has 1 aromatic heterocycles. The summed E-state index contributed by atoms with van der Waals surface area (Å²) >= 11 is 2.12. The van der Waals surface area contributed by atoms with Gasteiger partial charge in [0.1, 0.15) is 11.9 Å². The van der Waals surface area contributed by atoms with Gasteiger partial charge in [0.25, 0.3) is 5.91 Å². The van der Waals surface area contributed by atoms with E-state index in [1.807, 2.05) is 48.5 Å². The number of rotatable bonds is 7. The molecule has 1 amide bonds. The van der Waals surface area contributed by atoms with Gasteiger partial charge in [-0.15, -0.1) is 0 Å². The summed E-state index contributed by atoms with van der Waals surface area (Å²) in [6, 6.07) is 22.6. The number of imidazole rings is 1. The summed E-state index contributed by atoms with van der Waals surface area (Å²) in [7, 11) is 1.53. The van der Waals surface area contributed by atoms with Gasteiger partial charge in [0, 0.05) is 5.69 Å². The maximum atomic E-state index is 12.2. The van der Waals surface area contributed by atoms with E-state index in [0.717, 1.165) is 20.2 Å². The number of allylic oxidation sites excluding steroid dienone is 1. The van der Waals surface area contributed by atoms with Gasteiger partial charge in [-0.3, -0.25) is 4.79 Å². The van der Waals surface area contributed by atoms with Gasteiger partial charge in [-0.2, -0.15) is 5.26 Å². The monoisotopic (exact) mass is 550 g/mol. The largest absolute Gasteiger partial charge is 0.493 e. The number of anilines is 1. The number of carbonyl (C=O) groups excluding carboxylic acids is 1. The Labute approximate surface area is 204 Å². The van der Waals surface area contributed by atoms with Crippen molar-refractivity contribution in [2.24, 2.45) is 0 Å². The highest BCUT2D eigenvalue weighted by Crippen LogP contribution is 2.35. The fourth-order valence-corrected chi connectivity index (χ4v) is 4.00. The number of methoxy groups -OCH3 is 1. The van der Waals surface area contributed by atoms with Crippen LogP contribution in [-0.2, 0) is 4.79 Å². The zero-order valence-corrected chi connectivity index (χ0v) is 19.8. The molecule has 0 saturated carbocycles. The molecule has 7 nitrogen and oxygen atoms in total. The molecule has 164 valence electrons. The van der Waals surface area contributed by atoms with Crippen LogP contribution >= 0.6 is 22.6 Å². The maximum absolute atomic E-state index is 12.2. The molecule has 0 atom stereocenters. The van der Waals surface area contributed by atoms with Crippen LogP contribution in [-0.4, -0.2) is 29.6 Å². The maximum Gasteiger partial charge on any atom is 0.262 e. The zero-order valence-electron chi connectivity index (χ0n) is 17.6. The Morgan fingerprint density at radius 1 is 1.18 bits per heavy atom. The van der Waals surface area contributed by atoms with Crippen LogP contribution in [0.5, 0.6) is 11.5 Å². The summed E-state index contributed by atoms with van der Waals surface area (Å²) in [6.07, 6.45) is 1.73. The molecule has 0 aliphatic rings. The zero-order chi connectivity index (χ0) is 23.2. The lowest BCUT2D eigenvalue weighted by atomic mass is 10.1. The number of nitriles is 1. The van der Waals surface area contributed by atoms with E-state index in [1.165, 1.54) is 7.11 Å². The summed E-state index contributed by atoms with van der Waals surface area (Å²) in [5, 5.41) is 12.5. The third kappa shape index (κ3) is 5.32. The number of nitrogens with one attached hydrogen (secondary N) is 2. The second-order valence-electron chi connectivity index (χ2n) is 7.01. The van der Waals surface area contributed by atoms with Gasteiger partial charge < -0.3 is 19.8 Å². The Morgan fingerprint density at radius 3 is 2.67 bits per heavy atom. The third-order valence-electron chi connectivity index (χ3n) is 4.73. The fraction of sp³-hybridized carbons (Fsp3) is 0.0800. The average Bonchev–Trinajstić information content (AvgIpc) is 3.26. The number of benzene rings is 3. The Balaban J connectivity index is 1.55. The molecule has 4 aromatic rings. The number of aromatic amines is 1. The van der Waals surface area contributed by atoms with Crippen LogP contribution in [0.3, 0.4) is 0 Å². The number of fused-ring (bicyclic) bond motifs is 1. The van der Waals surface area contributed by atoms with E-state index in [0.29, 0.717) is 28.6 Å². The van der Waals surface area contributed by atoms with Crippen LogP contribution in [0, 0.1) is 14.9 Å². The van der Waals surface area contributed by atoms with Gasteiger partial charge in [0.2, 0.25) is 0 Å². The van der Waals surface area contributed by atoms with Crippen molar-refractivity contribution in [3.8, 4) is 17.6 Å². The molecule has 0 aliphatic heterocycles. The number of amides is 1. The van der Waals surface area contributed by atoms with Crippen molar-refractivity contribution >= 4 is 56.9 Å². The molecule has 2 N–H and O–H groups in total. The number of ether oxygens (including phenoxy) is 2. The first-order valence-corrected chi connectivity index (χ1v) is 11.1. The van der Waals surface area contributed by atoms with E-state index in [-0.39, 0.29) is 12.5 Å². The van der Waals surface area contributed by atoms with E-state index in [1.54, 1.807) is 24.3 Å². The molecule has 3 aromatic carbocycles. The molecule has 0 bridgehead atoms. The molecule has 0 aliphatic carbocycles. The van der Waals surface area contributed by atoms with Gasteiger partial charge in [-0.25, -0.2) is 4.98 Å². The summed E-state index contributed by atoms with van der Waals surface area (Å²) in [4.78, 5) is 19.9. The second-order valence-corrected chi connectivity index (χ2v) is 8.17. The second kappa shape index (κ2) is 10.2. The number of aromatic nitrogens is 2. The lowest BCUT2D eigenvalue weighted by molar-refractivity contribution is -0.118. The summed E-state index contributed by atoms with van der Waals surface area (Å²) in [6.45, 7) is -0.168. The van der Waals surface area contributed by atoms with E-state index in [9.17, 15) is 10.1 Å². The molecule has 0 saturated heterocycles. The highest BCUT2D eigenvalue weighted by atomic mass is 127. The van der Waals surface area contributed by atoms with E-state index < -0.39 is 0 Å². The molecular weight excluding hydrogens is 531 g/mol. The Hall–Kier alpha value is -3.84. The van der Waals surface area contributed by atoms with Crippen molar-refractivity contribution in [3.05, 3.63) is 81.7 Å². The third-order valence-corrected chi connectivity index (χ3v) is 5.53. The van der Waals surface area contributed by atoms with Gasteiger partial charge in [-0.1, -0.05) is 30.3 Å². The van der Waals surface area contributed by atoms with Gasteiger partial charge in [0.15, 0.2) is 18.1 Å². The minimum absolute atomic E-state index is 0.168. The van der Waals surface area contributed by atoms with Crippen LogP contribution in [0.15, 0.2) is 66.7 Å². The first kappa shape index (κ1) is 22.4. The minimum atomic E-state index is -0.278.